The Balaban J connectivity index is 0.000000880. The number of benzene rings is 3. The monoisotopic (exact) mass is 585 g/mol. The van der Waals surface area contributed by atoms with Crippen molar-refractivity contribution in [2.45, 2.75) is 33.2 Å². The van der Waals surface area contributed by atoms with E-state index in [0.717, 1.165) is 21.8 Å². The van der Waals surface area contributed by atoms with Crippen LogP contribution in [0.5, 0.6) is 5.75 Å². The van der Waals surface area contributed by atoms with Crippen LogP contribution in [0.25, 0.3) is 0 Å². The standard InChI is InChI=1S/C19H18FN3O3.C11H16O3.C2H6.2H2/c1-12-7-8-15(14(20)9-12)22-18(25)16(10-13-5-3-2-4-6-13)23-17(24)11-21-19(23)26;1-12-7-8-13-9-10-14-11-5-3-2-4-6-11;1-2;;/h2-9,16H,10-11H2,1H3,(H,21,26)(H,22,25);2-6H,7-10H2,1H3;1-2H3;2*1H/t16-;;;;/m0..../s1. The van der Waals surface area contributed by atoms with Crippen molar-refractivity contribution < 1.29 is 35.8 Å². The zero-order chi connectivity index (χ0) is 30.7. The molecule has 4 amide bonds. The van der Waals surface area contributed by atoms with Crippen LogP contribution >= 0.6 is 0 Å². The maximum absolute atomic E-state index is 14.1. The Bertz CT molecular complexity index is 1240. The third-order valence-electron chi connectivity index (χ3n) is 5.82. The Kier molecular flexibility index (Phi) is 15.3. The molecule has 0 bridgehead atoms. The first-order chi connectivity index (χ1) is 20.4. The molecule has 1 aliphatic rings. The second kappa shape index (κ2) is 19.0. The van der Waals surface area contributed by atoms with Gasteiger partial charge in [-0.25, -0.2) is 14.1 Å². The number of carbonyl (C=O) groups is 3. The summed E-state index contributed by atoms with van der Waals surface area (Å²) in [5.74, 6) is -0.811. The van der Waals surface area contributed by atoms with Crippen LogP contribution in [0, 0.1) is 12.7 Å². The van der Waals surface area contributed by atoms with Crippen LogP contribution in [-0.4, -0.2) is 68.9 Å². The first-order valence-electron chi connectivity index (χ1n) is 13.8. The van der Waals surface area contributed by atoms with Gasteiger partial charge in [-0.15, -0.1) is 0 Å². The zero-order valence-electron chi connectivity index (χ0n) is 24.6. The highest BCUT2D eigenvalue weighted by atomic mass is 19.1. The Morgan fingerprint density at radius 1 is 0.976 bits per heavy atom. The normalized spacial score (nSPS) is 12.7. The summed E-state index contributed by atoms with van der Waals surface area (Å²) >= 11 is 0. The molecule has 1 fully saturated rings. The molecule has 0 saturated carbocycles. The third kappa shape index (κ3) is 11.3. The number of carbonyl (C=O) groups excluding carboxylic acids is 3. The highest BCUT2D eigenvalue weighted by Crippen LogP contribution is 2.19. The van der Waals surface area contributed by atoms with E-state index in [4.69, 9.17) is 14.2 Å². The van der Waals surface area contributed by atoms with Gasteiger partial charge in [0.1, 0.15) is 24.2 Å². The molecule has 42 heavy (non-hydrogen) atoms. The van der Waals surface area contributed by atoms with E-state index >= 15 is 0 Å². The quantitative estimate of drug-likeness (QED) is 0.215. The molecule has 3 aromatic carbocycles. The molecule has 9 nitrogen and oxygen atoms in total. The first kappa shape index (κ1) is 33.9. The van der Waals surface area contributed by atoms with Crippen molar-refractivity contribution >= 4 is 23.5 Å². The van der Waals surface area contributed by atoms with E-state index in [1.165, 1.54) is 12.1 Å². The predicted molar refractivity (Wildman–Crippen MR) is 164 cm³/mol. The minimum absolute atomic E-state index is 0. The lowest BCUT2D eigenvalue weighted by molar-refractivity contribution is -0.132. The molecular formula is C32H44FN3O6. The van der Waals surface area contributed by atoms with Crippen molar-refractivity contribution in [2.24, 2.45) is 0 Å². The van der Waals surface area contributed by atoms with E-state index in [2.05, 4.69) is 10.6 Å². The van der Waals surface area contributed by atoms with Gasteiger partial charge >= 0.3 is 6.03 Å². The topological polar surface area (TPSA) is 106 Å². The number of nitrogens with one attached hydrogen (secondary N) is 2. The molecule has 1 heterocycles. The van der Waals surface area contributed by atoms with Gasteiger partial charge in [-0.3, -0.25) is 9.59 Å². The van der Waals surface area contributed by atoms with Crippen LogP contribution in [0.2, 0.25) is 0 Å². The van der Waals surface area contributed by atoms with E-state index in [0.29, 0.717) is 26.4 Å². The van der Waals surface area contributed by atoms with Crippen LogP contribution in [0.15, 0.2) is 78.9 Å². The van der Waals surface area contributed by atoms with Gasteiger partial charge in [-0.2, -0.15) is 0 Å². The van der Waals surface area contributed by atoms with Crippen LogP contribution in [-0.2, 0) is 25.5 Å². The summed E-state index contributed by atoms with van der Waals surface area (Å²) in [6.07, 6.45) is 0.138. The highest BCUT2D eigenvalue weighted by molar-refractivity contribution is 6.07. The fourth-order valence-electron chi connectivity index (χ4n) is 3.81. The molecule has 0 unspecified atom stereocenters. The number of nitrogens with zero attached hydrogens (tertiary/aromatic N) is 1. The van der Waals surface area contributed by atoms with Gasteiger partial charge < -0.3 is 24.8 Å². The molecule has 1 saturated heterocycles. The fraction of sp³-hybridized carbons (Fsp3) is 0.344. The van der Waals surface area contributed by atoms with E-state index < -0.39 is 29.7 Å². The molecule has 1 aliphatic heterocycles. The van der Waals surface area contributed by atoms with Gasteiger partial charge in [0.15, 0.2) is 0 Å². The van der Waals surface area contributed by atoms with Crippen molar-refractivity contribution in [3.05, 3.63) is 95.8 Å². The van der Waals surface area contributed by atoms with Crippen molar-refractivity contribution in [3.63, 3.8) is 0 Å². The van der Waals surface area contributed by atoms with Crippen LogP contribution in [0.1, 0.15) is 27.8 Å². The number of ether oxygens (including phenoxy) is 3. The highest BCUT2D eigenvalue weighted by Gasteiger charge is 2.39. The van der Waals surface area contributed by atoms with Crippen LogP contribution in [0.4, 0.5) is 14.9 Å². The summed E-state index contributed by atoms with van der Waals surface area (Å²) in [7, 11) is 1.66. The number of hydrogen-bond donors (Lipinski definition) is 2. The number of amides is 4. The number of rotatable bonds is 12. The summed E-state index contributed by atoms with van der Waals surface area (Å²) in [4.78, 5) is 37.8. The lowest BCUT2D eigenvalue weighted by atomic mass is 10.0. The number of imide groups is 1. The van der Waals surface area contributed by atoms with Crippen molar-refractivity contribution in [1.82, 2.24) is 10.2 Å². The molecule has 3 aromatic rings. The summed E-state index contributed by atoms with van der Waals surface area (Å²) in [5, 5.41) is 4.89. The molecular weight excluding hydrogens is 541 g/mol. The van der Waals surface area contributed by atoms with E-state index in [1.807, 2.05) is 50.2 Å². The van der Waals surface area contributed by atoms with Gasteiger partial charge in [0.25, 0.3) is 5.91 Å². The van der Waals surface area contributed by atoms with Gasteiger partial charge in [0, 0.05) is 16.4 Å². The van der Waals surface area contributed by atoms with E-state index in [1.54, 1.807) is 44.4 Å². The molecule has 0 spiro atoms. The zero-order valence-corrected chi connectivity index (χ0v) is 24.6. The van der Waals surface area contributed by atoms with Crippen molar-refractivity contribution in [3.8, 4) is 5.75 Å². The van der Waals surface area contributed by atoms with Crippen molar-refractivity contribution in [2.75, 3.05) is 45.4 Å². The molecule has 2 N–H and O–H groups in total. The fourth-order valence-corrected chi connectivity index (χ4v) is 3.81. The van der Waals surface area contributed by atoms with Gasteiger partial charge in [0.2, 0.25) is 5.91 Å². The summed E-state index contributed by atoms with van der Waals surface area (Å²) in [6.45, 7) is 8.00. The maximum Gasteiger partial charge on any atom is 0.325 e. The lowest BCUT2D eigenvalue weighted by Crippen LogP contribution is -2.49. The van der Waals surface area contributed by atoms with Gasteiger partial charge in [-0.1, -0.05) is 68.4 Å². The first-order valence-corrected chi connectivity index (χ1v) is 13.8. The number of methoxy groups -OCH3 is 1. The molecule has 1 atom stereocenters. The summed E-state index contributed by atoms with van der Waals surface area (Å²) < 4.78 is 29.6. The summed E-state index contributed by atoms with van der Waals surface area (Å²) in [5.41, 5.74) is 1.51. The largest absolute Gasteiger partial charge is 0.491 e. The summed E-state index contributed by atoms with van der Waals surface area (Å²) in [6, 6.07) is 21.4. The second-order valence-electron chi connectivity index (χ2n) is 8.87. The van der Waals surface area contributed by atoms with Gasteiger partial charge in [-0.05, 0) is 42.3 Å². The Hall–Kier alpha value is -4.28. The average molecular weight is 586 g/mol. The number of hydrogen-bond acceptors (Lipinski definition) is 6. The van der Waals surface area contributed by atoms with Crippen LogP contribution in [0.3, 0.4) is 0 Å². The SMILES string of the molecule is CC.COCCOCCOc1ccccc1.Cc1ccc(NC(=O)[C@H](Cc2ccccc2)N2C(=O)CNC2=O)c(F)c1.[HH].[HH]. The number of para-hydroxylation sites is 1. The molecule has 230 valence electrons. The Labute approximate surface area is 249 Å². The Morgan fingerprint density at radius 2 is 1.62 bits per heavy atom. The van der Waals surface area contributed by atoms with Crippen molar-refractivity contribution in [1.29, 1.82) is 0 Å². The number of urea groups is 1. The average Bonchev–Trinajstić information content (AvgIpc) is 3.34. The minimum Gasteiger partial charge on any atom is -0.491 e. The number of halogens is 1. The molecule has 0 aromatic heterocycles. The molecule has 4 rings (SSSR count). The van der Waals surface area contributed by atoms with Crippen LogP contribution < -0.4 is 15.4 Å². The smallest absolute Gasteiger partial charge is 0.325 e. The Morgan fingerprint density at radius 3 is 2.21 bits per heavy atom. The molecule has 0 radical (unpaired) electrons. The maximum atomic E-state index is 14.1. The predicted octanol–water partition coefficient (Wildman–Crippen LogP) is 5.48. The number of aryl methyl sites for hydroxylation is 1. The van der Waals surface area contributed by atoms with E-state index in [9.17, 15) is 18.8 Å². The molecule has 0 aliphatic carbocycles. The lowest BCUT2D eigenvalue weighted by Gasteiger charge is -2.24. The van der Waals surface area contributed by atoms with E-state index in [-0.39, 0.29) is 21.5 Å². The van der Waals surface area contributed by atoms with Gasteiger partial charge in [0.05, 0.1) is 32.1 Å². The second-order valence-corrected chi connectivity index (χ2v) is 8.87. The third-order valence-corrected chi connectivity index (χ3v) is 5.82. The minimum atomic E-state index is -1.08. The number of anilines is 1. The molecule has 10 heteroatoms.